The van der Waals surface area contributed by atoms with Crippen LogP contribution in [0.25, 0.3) is 11.3 Å². The minimum absolute atomic E-state index is 0.593. The third-order valence-corrected chi connectivity index (χ3v) is 2.75. The molecule has 0 aliphatic rings. The fourth-order valence-corrected chi connectivity index (χ4v) is 1.75. The second kappa shape index (κ2) is 6.86. The molecule has 6 heteroatoms. The van der Waals surface area contributed by atoms with Gasteiger partial charge in [-0.2, -0.15) is 0 Å². The van der Waals surface area contributed by atoms with E-state index in [0.717, 1.165) is 11.3 Å². The Morgan fingerprint density at radius 3 is 2.89 bits per heavy atom. The van der Waals surface area contributed by atoms with Crippen molar-refractivity contribution in [3.8, 4) is 11.3 Å². The molecule has 0 bridgehead atoms. The van der Waals surface area contributed by atoms with Crippen LogP contribution in [0.1, 0.15) is 0 Å². The number of methoxy groups -OCH3 is 1. The molecule has 102 valence electrons. The fraction of sp³-hybridized carbons (Fsp3) is 0.385. The highest BCUT2D eigenvalue weighted by Crippen LogP contribution is 2.23. The summed E-state index contributed by atoms with van der Waals surface area (Å²) in [6.45, 7) is 2.52. The van der Waals surface area contributed by atoms with Crippen LogP contribution in [0.15, 0.2) is 31.0 Å². The highest BCUT2D eigenvalue weighted by atomic mass is 16.5. The van der Waals surface area contributed by atoms with Crippen molar-refractivity contribution in [1.29, 1.82) is 0 Å². The quantitative estimate of drug-likeness (QED) is 0.759. The predicted molar refractivity (Wildman–Crippen MR) is 72.6 cm³/mol. The lowest BCUT2D eigenvalue weighted by molar-refractivity contribution is 0.0667. The van der Waals surface area contributed by atoms with E-state index in [4.69, 9.17) is 15.2 Å². The first-order valence-electron chi connectivity index (χ1n) is 6.09. The Labute approximate surface area is 112 Å². The Morgan fingerprint density at radius 1 is 1.21 bits per heavy atom. The predicted octanol–water partition coefficient (Wildman–Crippen LogP) is 1.19. The molecule has 2 aromatic heterocycles. The van der Waals surface area contributed by atoms with Gasteiger partial charge in [-0.15, -0.1) is 0 Å². The van der Waals surface area contributed by atoms with E-state index in [0.29, 0.717) is 32.1 Å². The summed E-state index contributed by atoms with van der Waals surface area (Å²) in [4.78, 5) is 8.25. The van der Waals surface area contributed by atoms with Gasteiger partial charge in [-0.25, -0.2) is 4.98 Å². The lowest BCUT2D eigenvalue weighted by atomic mass is 10.2. The lowest BCUT2D eigenvalue weighted by Gasteiger charge is -2.10. The average Bonchev–Trinajstić information content (AvgIpc) is 2.87. The molecule has 0 aliphatic heterocycles. The van der Waals surface area contributed by atoms with E-state index in [1.165, 1.54) is 0 Å². The van der Waals surface area contributed by atoms with Crippen molar-refractivity contribution in [2.45, 2.75) is 6.54 Å². The molecule has 0 fully saturated rings. The van der Waals surface area contributed by atoms with Crippen molar-refractivity contribution in [3.63, 3.8) is 0 Å². The minimum Gasteiger partial charge on any atom is -0.398 e. The van der Waals surface area contributed by atoms with E-state index in [1.54, 1.807) is 38.1 Å². The first-order valence-corrected chi connectivity index (χ1v) is 6.09. The molecule has 2 aromatic rings. The third-order valence-electron chi connectivity index (χ3n) is 2.75. The van der Waals surface area contributed by atoms with Crippen LogP contribution in [0.2, 0.25) is 0 Å². The summed E-state index contributed by atoms with van der Waals surface area (Å²) in [7, 11) is 1.66. The molecule has 0 spiro atoms. The number of anilines is 1. The van der Waals surface area contributed by atoms with Gasteiger partial charge in [0.2, 0.25) is 0 Å². The van der Waals surface area contributed by atoms with Gasteiger partial charge in [0.25, 0.3) is 0 Å². The van der Waals surface area contributed by atoms with E-state index in [-0.39, 0.29) is 0 Å². The summed E-state index contributed by atoms with van der Waals surface area (Å²) in [6.07, 6.45) is 6.96. The standard InChI is InChI=1S/C13H18N4O2/c1-18-6-7-19-5-4-17-10-16-9-13(17)11-8-15-3-2-12(11)14/h2-3,8-10H,4-7H2,1H3,(H2,14,15). The van der Waals surface area contributed by atoms with E-state index in [2.05, 4.69) is 9.97 Å². The molecule has 0 aliphatic carbocycles. The maximum atomic E-state index is 5.95. The summed E-state index contributed by atoms with van der Waals surface area (Å²) in [5.74, 6) is 0. The van der Waals surface area contributed by atoms with E-state index < -0.39 is 0 Å². The Morgan fingerprint density at radius 2 is 2.11 bits per heavy atom. The van der Waals surface area contributed by atoms with E-state index in [9.17, 15) is 0 Å². The largest absolute Gasteiger partial charge is 0.398 e. The Hall–Kier alpha value is -1.92. The Bertz CT molecular complexity index is 513. The van der Waals surface area contributed by atoms with Gasteiger partial charge < -0.3 is 19.8 Å². The number of nitrogens with two attached hydrogens (primary N) is 1. The zero-order chi connectivity index (χ0) is 13.5. The summed E-state index contributed by atoms with van der Waals surface area (Å²) < 4.78 is 12.4. The molecule has 0 amide bonds. The van der Waals surface area contributed by atoms with Gasteiger partial charge in [0.15, 0.2) is 0 Å². The number of imidazole rings is 1. The Kier molecular flexibility index (Phi) is 4.88. The number of aromatic nitrogens is 3. The maximum absolute atomic E-state index is 5.95. The van der Waals surface area contributed by atoms with Crippen molar-refractivity contribution in [1.82, 2.24) is 14.5 Å². The smallest absolute Gasteiger partial charge is 0.0951 e. The molecule has 0 aromatic carbocycles. The topological polar surface area (TPSA) is 75.2 Å². The molecule has 2 N–H and O–H groups in total. The Balaban J connectivity index is 2.00. The second-order valence-corrected chi connectivity index (χ2v) is 4.04. The number of hydrogen-bond donors (Lipinski definition) is 1. The molecule has 0 radical (unpaired) electrons. The van der Waals surface area contributed by atoms with Crippen molar-refractivity contribution in [2.75, 3.05) is 32.7 Å². The molecule has 2 rings (SSSR count). The van der Waals surface area contributed by atoms with Gasteiger partial charge in [-0.1, -0.05) is 0 Å². The average molecular weight is 262 g/mol. The molecule has 2 heterocycles. The van der Waals surface area contributed by atoms with Gasteiger partial charge in [-0.05, 0) is 6.07 Å². The van der Waals surface area contributed by atoms with Gasteiger partial charge in [0.1, 0.15) is 0 Å². The first-order chi connectivity index (χ1) is 9.33. The molecular weight excluding hydrogens is 244 g/mol. The third kappa shape index (κ3) is 3.52. The molecule has 0 saturated carbocycles. The van der Waals surface area contributed by atoms with Gasteiger partial charge in [0, 0.05) is 37.3 Å². The second-order valence-electron chi connectivity index (χ2n) is 4.04. The SMILES string of the molecule is COCCOCCn1cncc1-c1cnccc1N. The zero-order valence-corrected chi connectivity index (χ0v) is 11.0. The highest BCUT2D eigenvalue weighted by molar-refractivity contribution is 5.72. The number of rotatable bonds is 7. The summed E-state index contributed by atoms with van der Waals surface area (Å²) in [5, 5.41) is 0. The normalized spacial score (nSPS) is 10.8. The molecule has 0 unspecified atom stereocenters. The molecular formula is C13H18N4O2. The van der Waals surface area contributed by atoms with E-state index >= 15 is 0 Å². The maximum Gasteiger partial charge on any atom is 0.0951 e. The number of nitrogens with zero attached hydrogens (tertiary/aromatic N) is 3. The molecule has 0 atom stereocenters. The minimum atomic E-state index is 0.593. The van der Waals surface area contributed by atoms with Crippen LogP contribution in [0.3, 0.4) is 0 Å². The van der Waals surface area contributed by atoms with Crippen LogP contribution in [0.4, 0.5) is 5.69 Å². The van der Waals surface area contributed by atoms with Crippen LogP contribution in [0, 0.1) is 0 Å². The van der Waals surface area contributed by atoms with Gasteiger partial charge in [-0.3, -0.25) is 4.98 Å². The van der Waals surface area contributed by atoms with Crippen molar-refractivity contribution in [2.24, 2.45) is 0 Å². The van der Waals surface area contributed by atoms with Crippen molar-refractivity contribution < 1.29 is 9.47 Å². The van der Waals surface area contributed by atoms with Crippen LogP contribution in [-0.2, 0) is 16.0 Å². The van der Waals surface area contributed by atoms with Crippen molar-refractivity contribution in [3.05, 3.63) is 31.0 Å². The van der Waals surface area contributed by atoms with Gasteiger partial charge in [0.05, 0.1) is 38.0 Å². The number of ether oxygens (including phenoxy) is 2. The zero-order valence-electron chi connectivity index (χ0n) is 11.0. The summed E-state index contributed by atoms with van der Waals surface area (Å²) >= 11 is 0. The molecule has 19 heavy (non-hydrogen) atoms. The molecule has 0 saturated heterocycles. The van der Waals surface area contributed by atoms with Crippen LogP contribution < -0.4 is 5.73 Å². The monoisotopic (exact) mass is 262 g/mol. The highest BCUT2D eigenvalue weighted by Gasteiger charge is 2.08. The lowest BCUT2D eigenvalue weighted by Crippen LogP contribution is -2.09. The molecule has 6 nitrogen and oxygen atoms in total. The van der Waals surface area contributed by atoms with Crippen molar-refractivity contribution >= 4 is 5.69 Å². The summed E-state index contributed by atoms with van der Waals surface area (Å²) in [6, 6.07) is 1.78. The fourth-order valence-electron chi connectivity index (χ4n) is 1.75. The van der Waals surface area contributed by atoms with E-state index in [1.807, 2.05) is 4.57 Å². The number of pyridine rings is 1. The number of nitrogen functional groups attached to an aromatic ring is 1. The first kappa shape index (κ1) is 13.5. The van der Waals surface area contributed by atoms with Crippen LogP contribution in [0.5, 0.6) is 0 Å². The summed E-state index contributed by atoms with van der Waals surface area (Å²) in [5.41, 5.74) is 8.47. The van der Waals surface area contributed by atoms with Crippen LogP contribution in [-0.4, -0.2) is 41.5 Å². The number of hydrogen-bond acceptors (Lipinski definition) is 5. The van der Waals surface area contributed by atoms with Crippen LogP contribution >= 0.6 is 0 Å². The van der Waals surface area contributed by atoms with Gasteiger partial charge >= 0.3 is 0 Å².